The van der Waals surface area contributed by atoms with Crippen LogP contribution in [0.3, 0.4) is 0 Å². The summed E-state index contributed by atoms with van der Waals surface area (Å²) in [4.78, 5) is 9.41. The van der Waals surface area contributed by atoms with E-state index in [1.165, 1.54) is 11.1 Å². The van der Waals surface area contributed by atoms with Crippen molar-refractivity contribution in [1.82, 2.24) is 15.1 Å². The molecule has 148 valence electrons. The summed E-state index contributed by atoms with van der Waals surface area (Å²) in [6.07, 6.45) is 4.57. The standard InChI is InChI=1S/C22H34N4O/c1-19(18-25-12-14-27-15-13-25)17-24-22(23-2)26-10-8-21(9-11-26)16-20-6-4-3-5-7-20/h3-7,16,19H,8-15,17-18H2,1-2H3,(H,23,24). The molecule has 5 nitrogen and oxygen atoms in total. The molecule has 0 spiro atoms. The van der Waals surface area contributed by atoms with Crippen molar-refractivity contribution in [3.63, 3.8) is 0 Å². The molecule has 2 aliphatic heterocycles. The number of aliphatic imine (C=N–C) groups is 1. The zero-order valence-electron chi connectivity index (χ0n) is 16.9. The van der Waals surface area contributed by atoms with Gasteiger partial charge in [0.2, 0.25) is 0 Å². The summed E-state index contributed by atoms with van der Waals surface area (Å²) in [6, 6.07) is 10.6. The van der Waals surface area contributed by atoms with E-state index in [1.54, 1.807) is 0 Å². The molecule has 27 heavy (non-hydrogen) atoms. The number of nitrogens with one attached hydrogen (secondary N) is 1. The zero-order valence-corrected chi connectivity index (χ0v) is 16.9. The lowest BCUT2D eigenvalue weighted by atomic mass is 10.0. The first-order valence-electron chi connectivity index (χ1n) is 10.2. The Morgan fingerprint density at radius 2 is 1.85 bits per heavy atom. The summed E-state index contributed by atoms with van der Waals surface area (Å²) in [7, 11) is 1.89. The average Bonchev–Trinajstić information content (AvgIpc) is 2.71. The van der Waals surface area contributed by atoms with Crippen molar-refractivity contribution < 1.29 is 4.74 Å². The first kappa shape index (κ1) is 19.9. The molecule has 1 N–H and O–H groups in total. The minimum atomic E-state index is 0.596. The third kappa shape index (κ3) is 6.36. The van der Waals surface area contributed by atoms with Crippen LogP contribution in [-0.4, -0.2) is 75.3 Å². The van der Waals surface area contributed by atoms with Crippen LogP contribution in [-0.2, 0) is 4.74 Å². The van der Waals surface area contributed by atoms with Gasteiger partial charge in [0.15, 0.2) is 5.96 Å². The summed E-state index contributed by atoms with van der Waals surface area (Å²) >= 11 is 0. The molecule has 2 heterocycles. The minimum absolute atomic E-state index is 0.596. The minimum Gasteiger partial charge on any atom is -0.379 e. The van der Waals surface area contributed by atoms with E-state index in [2.05, 4.69) is 63.4 Å². The van der Waals surface area contributed by atoms with Gasteiger partial charge in [-0.25, -0.2) is 0 Å². The fourth-order valence-electron chi connectivity index (χ4n) is 3.82. The lowest BCUT2D eigenvalue weighted by Crippen LogP contribution is -2.47. The van der Waals surface area contributed by atoms with Crippen LogP contribution in [0, 0.1) is 5.92 Å². The molecule has 1 atom stereocenters. The molecule has 0 bridgehead atoms. The summed E-state index contributed by atoms with van der Waals surface area (Å²) in [6.45, 7) is 10.3. The van der Waals surface area contributed by atoms with E-state index in [9.17, 15) is 0 Å². The third-order valence-corrected chi connectivity index (χ3v) is 5.37. The summed E-state index contributed by atoms with van der Waals surface area (Å²) in [5.74, 6) is 1.64. The lowest BCUT2D eigenvalue weighted by molar-refractivity contribution is 0.0320. The monoisotopic (exact) mass is 370 g/mol. The normalized spacial score (nSPS) is 20.4. The number of piperidine rings is 1. The van der Waals surface area contributed by atoms with Crippen LogP contribution in [0.2, 0.25) is 0 Å². The predicted molar refractivity (Wildman–Crippen MR) is 113 cm³/mol. The number of rotatable bonds is 5. The van der Waals surface area contributed by atoms with Gasteiger partial charge in [0.25, 0.3) is 0 Å². The smallest absolute Gasteiger partial charge is 0.193 e. The second kappa shape index (κ2) is 10.5. The van der Waals surface area contributed by atoms with Crippen LogP contribution in [0.5, 0.6) is 0 Å². The Balaban J connectivity index is 1.42. The molecule has 3 rings (SSSR count). The van der Waals surface area contributed by atoms with E-state index in [0.29, 0.717) is 5.92 Å². The first-order valence-corrected chi connectivity index (χ1v) is 10.2. The van der Waals surface area contributed by atoms with Crippen LogP contribution in [0.15, 0.2) is 40.9 Å². The fraction of sp³-hybridized carbons (Fsp3) is 0.591. The van der Waals surface area contributed by atoms with Crippen molar-refractivity contribution in [2.24, 2.45) is 10.9 Å². The van der Waals surface area contributed by atoms with Gasteiger partial charge in [-0.1, -0.05) is 48.9 Å². The van der Waals surface area contributed by atoms with Gasteiger partial charge in [0.05, 0.1) is 13.2 Å². The maximum atomic E-state index is 5.43. The Kier molecular flexibility index (Phi) is 7.72. The van der Waals surface area contributed by atoms with Gasteiger partial charge in [-0.2, -0.15) is 0 Å². The Morgan fingerprint density at radius 3 is 2.52 bits per heavy atom. The Bertz CT molecular complexity index is 612. The Hall–Kier alpha value is -1.85. The molecular formula is C22H34N4O. The zero-order chi connectivity index (χ0) is 18.9. The predicted octanol–water partition coefficient (Wildman–Crippen LogP) is 2.71. The molecule has 0 saturated carbocycles. The average molecular weight is 371 g/mol. The Labute approximate surface area is 164 Å². The number of likely N-dealkylation sites (tertiary alicyclic amines) is 1. The second-order valence-electron chi connectivity index (χ2n) is 7.65. The molecule has 5 heteroatoms. The van der Waals surface area contributed by atoms with Gasteiger partial charge < -0.3 is 15.0 Å². The Morgan fingerprint density at radius 1 is 1.15 bits per heavy atom. The highest BCUT2D eigenvalue weighted by Gasteiger charge is 2.19. The number of ether oxygens (including phenoxy) is 1. The van der Waals surface area contributed by atoms with Crippen LogP contribution in [0.1, 0.15) is 25.3 Å². The highest BCUT2D eigenvalue weighted by Crippen LogP contribution is 2.19. The highest BCUT2D eigenvalue weighted by atomic mass is 16.5. The third-order valence-electron chi connectivity index (χ3n) is 5.37. The second-order valence-corrected chi connectivity index (χ2v) is 7.65. The van der Waals surface area contributed by atoms with E-state index < -0.39 is 0 Å². The molecule has 0 amide bonds. The lowest BCUT2D eigenvalue weighted by Gasteiger charge is -2.33. The van der Waals surface area contributed by atoms with Gasteiger partial charge >= 0.3 is 0 Å². The maximum Gasteiger partial charge on any atom is 0.193 e. The largest absolute Gasteiger partial charge is 0.379 e. The quantitative estimate of drug-likeness (QED) is 0.639. The number of hydrogen-bond acceptors (Lipinski definition) is 3. The van der Waals surface area contributed by atoms with E-state index in [4.69, 9.17) is 4.74 Å². The van der Waals surface area contributed by atoms with Gasteiger partial charge in [0.1, 0.15) is 0 Å². The molecule has 0 radical (unpaired) electrons. The van der Waals surface area contributed by atoms with Crippen LogP contribution >= 0.6 is 0 Å². The molecule has 0 aromatic heterocycles. The molecule has 1 aromatic carbocycles. The van der Waals surface area contributed by atoms with Crippen LogP contribution < -0.4 is 5.32 Å². The van der Waals surface area contributed by atoms with Crippen LogP contribution in [0.4, 0.5) is 0 Å². The van der Waals surface area contributed by atoms with Crippen molar-refractivity contribution in [2.75, 3.05) is 59.5 Å². The van der Waals surface area contributed by atoms with E-state index in [-0.39, 0.29) is 0 Å². The number of nitrogens with zero attached hydrogens (tertiary/aromatic N) is 3. The SMILES string of the molecule is CN=C(NCC(C)CN1CCOCC1)N1CCC(=Cc2ccccc2)CC1. The van der Waals surface area contributed by atoms with Gasteiger partial charge in [0, 0.05) is 46.3 Å². The van der Waals surface area contributed by atoms with E-state index in [1.807, 2.05) is 7.05 Å². The molecule has 2 saturated heterocycles. The summed E-state index contributed by atoms with van der Waals surface area (Å²) in [5.41, 5.74) is 2.84. The molecule has 1 aromatic rings. The molecule has 1 unspecified atom stereocenters. The number of guanidine groups is 1. The van der Waals surface area contributed by atoms with E-state index >= 15 is 0 Å². The number of benzene rings is 1. The highest BCUT2D eigenvalue weighted by molar-refractivity contribution is 5.80. The van der Waals surface area contributed by atoms with Gasteiger partial charge in [-0.3, -0.25) is 9.89 Å². The number of hydrogen-bond donors (Lipinski definition) is 1. The maximum absolute atomic E-state index is 5.43. The van der Waals surface area contributed by atoms with Crippen LogP contribution in [0.25, 0.3) is 6.08 Å². The molecule has 2 fully saturated rings. The summed E-state index contributed by atoms with van der Waals surface area (Å²) < 4.78 is 5.43. The van der Waals surface area contributed by atoms with E-state index in [0.717, 1.165) is 71.3 Å². The first-order chi connectivity index (χ1) is 13.2. The van der Waals surface area contributed by atoms with Crippen molar-refractivity contribution in [2.45, 2.75) is 19.8 Å². The van der Waals surface area contributed by atoms with Gasteiger partial charge in [-0.15, -0.1) is 0 Å². The summed E-state index contributed by atoms with van der Waals surface area (Å²) in [5, 5.41) is 3.59. The topological polar surface area (TPSA) is 40.1 Å². The molecule has 0 aliphatic carbocycles. The number of morpholine rings is 1. The fourth-order valence-corrected chi connectivity index (χ4v) is 3.82. The van der Waals surface area contributed by atoms with Crippen molar-refractivity contribution in [3.8, 4) is 0 Å². The molecular weight excluding hydrogens is 336 g/mol. The van der Waals surface area contributed by atoms with Crippen molar-refractivity contribution in [1.29, 1.82) is 0 Å². The molecule has 2 aliphatic rings. The van der Waals surface area contributed by atoms with Gasteiger partial charge in [-0.05, 0) is 24.3 Å². The van der Waals surface area contributed by atoms with Crippen molar-refractivity contribution >= 4 is 12.0 Å². The van der Waals surface area contributed by atoms with Crippen molar-refractivity contribution in [3.05, 3.63) is 41.5 Å².